The maximum atomic E-state index is 13.6. The fourth-order valence-corrected chi connectivity index (χ4v) is 4.02. The standard InChI is InChI=1S/C28H24ClF2N3O3/c29-21-11-8-18(9-12-21)14-16-32-26(35)20-10-13-22-24(17-20)33-23(7-4-15-28(30,31)27(36)37)25(34-22)19-5-2-1-3-6-19/h1-3,5-6,8-13,17H,4,7,14-16H2,(H,32,35)(H,36,37). The number of benzene rings is 3. The van der Waals surface area contributed by atoms with Crippen LogP contribution in [0.1, 0.15) is 34.5 Å². The molecule has 0 saturated heterocycles. The van der Waals surface area contributed by atoms with Crippen molar-refractivity contribution in [1.29, 1.82) is 0 Å². The minimum atomic E-state index is -3.81. The van der Waals surface area contributed by atoms with Gasteiger partial charge in [-0.05, 0) is 55.2 Å². The van der Waals surface area contributed by atoms with Crippen LogP contribution in [0, 0.1) is 0 Å². The highest BCUT2D eigenvalue weighted by Crippen LogP contribution is 2.27. The zero-order valence-electron chi connectivity index (χ0n) is 19.8. The van der Waals surface area contributed by atoms with E-state index in [9.17, 15) is 18.4 Å². The van der Waals surface area contributed by atoms with Gasteiger partial charge in [-0.3, -0.25) is 4.79 Å². The molecule has 3 aromatic carbocycles. The van der Waals surface area contributed by atoms with Crippen LogP contribution in [0.3, 0.4) is 0 Å². The number of amides is 1. The molecule has 4 rings (SSSR count). The summed E-state index contributed by atoms with van der Waals surface area (Å²) in [5, 5.41) is 12.2. The lowest BCUT2D eigenvalue weighted by Crippen LogP contribution is -2.28. The van der Waals surface area contributed by atoms with Crippen LogP contribution in [0.4, 0.5) is 8.78 Å². The van der Waals surface area contributed by atoms with E-state index in [4.69, 9.17) is 21.7 Å². The number of carbonyl (C=O) groups excluding carboxylic acids is 1. The molecule has 0 atom stereocenters. The van der Waals surface area contributed by atoms with Gasteiger partial charge in [0.15, 0.2) is 0 Å². The Morgan fingerprint density at radius 2 is 1.65 bits per heavy atom. The van der Waals surface area contributed by atoms with E-state index < -0.39 is 18.3 Å². The van der Waals surface area contributed by atoms with Gasteiger partial charge in [-0.1, -0.05) is 54.1 Å². The van der Waals surface area contributed by atoms with E-state index in [0.717, 1.165) is 11.1 Å². The second-order valence-electron chi connectivity index (χ2n) is 8.58. The van der Waals surface area contributed by atoms with Crippen LogP contribution in [0.5, 0.6) is 0 Å². The molecule has 6 nitrogen and oxygen atoms in total. The Hall–Kier alpha value is -3.91. The molecule has 0 aliphatic heterocycles. The number of carboxylic acid groups (broad SMARTS) is 1. The summed E-state index contributed by atoms with van der Waals surface area (Å²) in [5.41, 5.74) is 4.20. The number of rotatable bonds is 10. The number of alkyl halides is 2. The number of carboxylic acids is 1. The molecule has 37 heavy (non-hydrogen) atoms. The van der Waals surface area contributed by atoms with Crippen molar-refractivity contribution in [2.75, 3.05) is 6.54 Å². The van der Waals surface area contributed by atoms with Crippen LogP contribution in [0.2, 0.25) is 5.02 Å². The number of aromatic nitrogens is 2. The Labute approximate surface area is 217 Å². The third-order valence-corrected chi connectivity index (χ3v) is 6.13. The summed E-state index contributed by atoms with van der Waals surface area (Å²) in [6.07, 6.45) is -0.161. The predicted octanol–water partition coefficient (Wildman–Crippen LogP) is 5.97. The van der Waals surface area contributed by atoms with Gasteiger partial charge in [0.2, 0.25) is 0 Å². The first-order chi connectivity index (χ1) is 17.7. The van der Waals surface area contributed by atoms with Gasteiger partial charge in [0.25, 0.3) is 5.91 Å². The molecule has 0 unspecified atom stereocenters. The van der Waals surface area contributed by atoms with Crippen molar-refractivity contribution in [2.45, 2.75) is 31.6 Å². The molecule has 9 heteroatoms. The monoisotopic (exact) mass is 523 g/mol. The van der Waals surface area contributed by atoms with Crippen molar-refractivity contribution in [3.63, 3.8) is 0 Å². The molecule has 0 bridgehead atoms. The van der Waals surface area contributed by atoms with Gasteiger partial charge >= 0.3 is 11.9 Å². The lowest BCUT2D eigenvalue weighted by molar-refractivity contribution is -0.165. The number of carbonyl (C=O) groups is 2. The van der Waals surface area contributed by atoms with Crippen molar-refractivity contribution in [2.24, 2.45) is 0 Å². The lowest BCUT2D eigenvalue weighted by Gasteiger charge is -2.13. The Morgan fingerprint density at radius 3 is 2.35 bits per heavy atom. The summed E-state index contributed by atoms with van der Waals surface area (Å²) in [6, 6.07) is 21.6. The van der Waals surface area contributed by atoms with Crippen molar-refractivity contribution >= 4 is 34.5 Å². The second-order valence-corrected chi connectivity index (χ2v) is 9.02. The fraction of sp³-hybridized carbons (Fsp3) is 0.214. The normalized spacial score (nSPS) is 11.4. The van der Waals surface area contributed by atoms with E-state index in [-0.39, 0.29) is 18.7 Å². The lowest BCUT2D eigenvalue weighted by atomic mass is 10.0. The predicted molar refractivity (Wildman–Crippen MR) is 138 cm³/mol. The van der Waals surface area contributed by atoms with Gasteiger partial charge in [-0.2, -0.15) is 8.78 Å². The van der Waals surface area contributed by atoms with Crippen molar-refractivity contribution in [3.8, 4) is 11.3 Å². The van der Waals surface area contributed by atoms with Gasteiger partial charge in [0, 0.05) is 29.1 Å². The van der Waals surface area contributed by atoms with Crippen LogP contribution < -0.4 is 5.32 Å². The molecule has 0 aliphatic carbocycles. The number of aryl methyl sites for hydroxylation is 1. The van der Waals surface area contributed by atoms with Gasteiger partial charge in [-0.25, -0.2) is 14.8 Å². The molecule has 0 aliphatic rings. The zero-order valence-corrected chi connectivity index (χ0v) is 20.5. The fourth-order valence-electron chi connectivity index (χ4n) is 3.89. The molecule has 1 amide bonds. The van der Waals surface area contributed by atoms with E-state index in [1.54, 1.807) is 30.3 Å². The van der Waals surface area contributed by atoms with Gasteiger partial charge in [0.1, 0.15) is 0 Å². The van der Waals surface area contributed by atoms with Crippen LogP contribution in [-0.4, -0.2) is 39.4 Å². The maximum absolute atomic E-state index is 13.6. The van der Waals surface area contributed by atoms with Gasteiger partial charge in [0.05, 0.1) is 22.4 Å². The highest BCUT2D eigenvalue weighted by atomic mass is 35.5. The van der Waals surface area contributed by atoms with E-state index in [1.165, 1.54) is 0 Å². The van der Waals surface area contributed by atoms with E-state index in [1.807, 2.05) is 42.5 Å². The molecule has 0 spiro atoms. The number of nitrogens with one attached hydrogen (secondary N) is 1. The SMILES string of the molecule is O=C(NCCc1ccc(Cl)cc1)c1ccc2nc(-c3ccccc3)c(CCCC(F)(F)C(=O)O)nc2c1. The molecule has 190 valence electrons. The highest BCUT2D eigenvalue weighted by Gasteiger charge is 2.37. The molecule has 0 saturated carbocycles. The Balaban J connectivity index is 1.55. The number of hydrogen-bond acceptors (Lipinski definition) is 4. The smallest absolute Gasteiger partial charge is 0.374 e. The van der Waals surface area contributed by atoms with Crippen LogP contribution in [-0.2, 0) is 17.6 Å². The molecule has 2 N–H and O–H groups in total. The van der Waals surface area contributed by atoms with Crippen LogP contribution in [0.15, 0.2) is 72.8 Å². The van der Waals surface area contributed by atoms with Crippen molar-refractivity contribution in [1.82, 2.24) is 15.3 Å². The third-order valence-electron chi connectivity index (χ3n) is 5.88. The van der Waals surface area contributed by atoms with Crippen LogP contribution >= 0.6 is 11.6 Å². The van der Waals surface area contributed by atoms with Gasteiger partial charge < -0.3 is 10.4 Å². The zero-order chi connectivity index (χ0) is 26.4. The number of halogens is 3. The molecule has 0 fully saturated rings. The van der Waals surface area contributed by atoms with E-state index in [0.29, 0.717) is 46.0 Å². The number of fused-ring (bicyclic) bond motifs is 1. The minimum absolute atomic E-state index is 0.0931. The topological polar surface area (TPSA) is 92.2 Å². The summed E-state index contributed by atoms with van der Waals surface area (Å²) in [5.74, 6) is -6.23. The van der Waals surface area contributed by atoms with Crippen LogP contribution in [0.25, 0.3) is 22.3 Å². The number of hydrogen-bond donors (Lipinski definition) is 2. The first kappa shape index (κ1) is 26.2. The summed E-state index contributed by atoms with van der Waals surface area (Å²) in [6.45, 7) is 0.431. The molecular weight excluding hydrogens is 500 g/mol. The molecule has 1 heterocycles. The minimum Gasteiger partial charge on any atom is -0.477 e. The molecule has 4 aromatic rings. The summed E-state index contributed by atoms with van der Waals surface area (Å²) in [7, 11) is 0. The van der Waals surface area contributed by atoms with E-state index in [2.05, 4.69) is 10.3 Å². The average molecular weight is 524 g/mol. The Morgan fingerprint density at radius 1 is 0.919 bits per heavy atom. The van der Waals surface area contributed by atoms with Crippen molar-refractivity contribution < 1.29 is 23.5 Å². The van der Waals surface area contributed by atoms with Crippen molar-refractivity contribution in [3.05, 3.63) is 94.6 Å². The third kappa shape index (κ3) is 6.65. The quantitative estimate of drug-likeness (QED) is 0.267. The Kier molecular flexibility index (Phi) is 8.08. The van der Waals surface area contributed by atoms with E-state index >= 15 is 0 Å². The summed E-state index contributed by atoms with van der Waals surface area (Å²) in [4.78, 5) is 32.9. The average Bonchev–Trinajstić information content (AvgIpc) is 2.89. The van der Waals surface area contributed by atoms with Gasteiger partial charge in [-0.15, -0.1) is 0 Å². The number of aliphatic carboxylic acids is 1. The first-order valence-electron chi connectivity index (χ1n) is 11.7. The summed E-state index contributed by atoms with van der Waals surface area (Å²) < 4.78 is 27.2. The summed E-state index contributed by atoms with van der Waals surface area (Å²) >= 11 is 5.90. The molecule has 1 aromatic heterocycles. The number of nitrogens with zero attached hydrogens (tertiary/aromatic N) is 2. The maximum Gasteiger partial charge on any atom is 0.374 e. The second kappa shape index (κ2) is 11.4. The molecular formula is C28H24ClF2N3O3. The highest BCUT2D eigenvalue weighted by molar-refractivity contribution is 6.30. The Bertz CT molecular complexity index is 1410. The largest absolute Gasteiger partial charge is 0.477 e. The first-order valence-corrected chi connectivity index (χ1v) is 12.1. The molecule has 0 radical (unpaired) electrons.